The molecule has 0 bridgehead atoms. The molecule has 3 amide bonds. The first kappa shape index (κ1) is 27.5. The largest absolute Gasteiger partial charge is 0.480 e. The molecule has 5 atom stereocenters. The Morgan fingerprint density at radius 2 is 1.52 bits per heavy atom. The summed E-state index contributed by atoms with van der Waals surface area (Å²) in [7, 11) is 0. The monoisotopic (exact) mass is 452 g/mol. The molecule has 10 nitrogen and oxygen atoms in total. The van der Waals surface area contributed by atoms with Crippen molar-refractivity contribution in [1.29, 1.82) is 0 Å². The third-order valence-corrected chi connectivity index (χ3v) is 5.12. The minimum absolute atomic E-state index is 0.0648. The fraction of sp³-hybridized carbons (Fsp3) is 0.765. The van der Waals surface area contributed by atoms with Crippen LogP contribution in [0.3, 0.4) is 0 Å². The average molecular weight is 453 g/mol. The van der Waals surface area contributed by atoms with Gasteiger partial charge in [-0.1, -0.05) is 13.8 Å². The van der Waals surface area contributed by atoms with Gasteiger partial charge in [-0.15, -0.1) is 0 Å². The Labute approximate surface area is 180 Å². The first-order valence-electron chi connectivity index (χ1n) is 9.13. The number of hydrogen-bond acceptors (Lipinski definition) is 8. The zero-order valence-corrected chi connectivity index (χ0v) is 18.8. The van der Waals surface area contributed by atoms with Gasteiger partial charge >= 0.3 is 5.97 Å². The number of amides is 3. The van der Waals surface area contributed by atoms with Gasteiger partial charge in [0.25, 0.3) is 0 Å². The molecule has 7 N–H and O–H groups in total. The molecule has 0 aromatic rings. The van der Waals surface area contributed by atoms with Gasteiger partial charge in [-0.3, -0.25) is 14.4 Å². The summed E-state index contributed by atoms with van der Waals surface area (Å²) in [6.45, 7) is 4.66. The number of aliphatic carboxylic acids is 1. The third-order valence-electron chi connectivity index (χ3n) is 4.11. The molecule has 0 aromatic carbocycles. The van der Waals surface area contributed by atoms with Gasteiger partial charge in [0.15, 0.2) is 0 Å². The molecule has 29 heavy (non-hydrogen) atoms. The van der Waals surface area contributed by atoms with Gasteiger partial charge < -0.3 is 31.9 Å². The number of thioether (sulfide) groups is 1. The highest BCUT2D eigenvalue weighted by atomic mass is 32.2. The summed E-state index contributed by atoms with van der Waals surface area (Å²) < 4.78 is 0. The lowest BCUT2D eigenvalue weighted by molar-refractivity contribution is -0.143. The van der Waals surface area contributed by atoms with Gasteiger partial charge in [0.1, 0.15) is 24.2 Å². The highest BCUT2D eigenvalue weighted by molar-refractivity contribution is 7.98. The summed E-state index contributed by atoms with van der Waals surface area (Å²) in [4.78, 5) is 48.5. The van der Waals surface area contributed by atoms with Gasteiger partial charge in [-0.05, 0) is 31.3 Å². The van der Waals surface area contributed by atoms with Crippen molar-refractivity contribution in [1.82, 2.24) is 16.0 Å². The predicted molar refractivity (Wildman–Crippen MR) is 115 cm³/mol. The average Bonchev–Trinajstić information content (AvgIpc) is 2.65. The summed E-state index contributed by atoms with van der Waals surface area (Å²) in [6.07, 6.45) is 0.991. The summed E-state index contributed by atoms with van der Waals surface area (Å²) in [5, 5.41) is 26.0. The molecule has 0 saturated heterocycles. The van der Waals surface area contributed by atoms with Crippen LogP contribution in [0, 0.1) is 5.92 Å². The van der Waals surface area contributed by atoms with E-state index >= 15 is 0 Å². The maximum Gasteiger partial charge on any atom is 0.326 e. The van der Waals surface area contributed by atoms with Crippen LogP contribution in [0.5, 0.6) is 0 Å². The van der Waals surface area contributed by atoms with E-state index in [9.17, 15) is 29.4 Å². The van der Waals surface area contributed by atoms with Gasteiger partial charge in [0.2, 0.25) is 17.7 Å². The van der Waals surface area contributed by atoms with Crippen LogP contribution in [0.15, 0.2) is 0 Å². The van der Waals surface area contributed by atoms with Gasteiger partial charge in [-0.25, -0.2) is 4.79 Å². The van der Waals surface area contributed by atoms with E-state index in [1.54, 1.807) is 13.8 Å². The Morgan fingerprint density at radius 3 is 1.93 bits per heavy atom. The first-order chi connectivity index (χ1) is 13.5. The SMILES string of the molecule is CSCCC(NC(=O)C(CS)NC(=O)C(N)C(C)O)C(=O)NC(C(=O)O)C(C)C. The molecule has 0 aliphatic rings. The number of nitrogens with two attached hydrogens (primary N) is 1. The number of hydrogen-bond donors (Lipinski definition) is 7. The van der Waals surface area contributed by atoms with E-state index < -0.39 is 54.0 Å². The molecule has 0 aliphatic carbocycles. The molecule has 0 heterocycles. The van der Waals surface area contributed by atoms with E-state index in [0.29, 0.717) is 5.75 Å². The smallest absolute Gasteiger partial charge is 0.326 e. The number of carboxylic acid groups (broad SMARTS) is 1. The van der Waals surface area contributed by atoms with Crippen LogP contribution in [-0.4, -0.2) is 81.9 Å². The minimum atomic E-state index is -1.22. The van der Waals surface area contributed by atoms with Crippen LogP contribution in [0.2, 0.25) is 0 Å². The lowest BCUT2D eigenvalue weighted by Gasteiger charge is -2.25. The lowest BCUT2D eigenvalue weighted by atomic mass is 10.0. The Bertz CT molecular complexity index is 576. The summed E-state index contributed by atoms with van der Waals surface area (Å²) in [5.74, 6) is -3.06. The number of aliphatic hydroxyl groups is 1. The Kier molecular flexibility index (Phi) is 13.0. The molecule has 168 valence electrons. The quantitative estimate of drug-likeness (QED) is 0.167. The second-order valence-corrected chi connectivity index (χ2v) is 8.27. The van der Waals surface area contributed by atoms with E-state index in [4.69, 9.17) is 5.73 Å². The van der Waals surface area contributed by atoms with Crippen LogP contribution < -0.4 is 21.7 Å². The Morgan fingerprint density at radius 1 is 1.00 bits per heavy atom. The molecular formula is C17H32N4O6S2. The van der Waals surface area contributed by atoms with Gasteiger partial charge in [0.05, 0.1) is 6.10 Å². The van der Waals surface area contributed by atoms with Crippen LogP contribution in [0.1, 0.15) is 27.2 Å². The highest BCUT2D eigenvalue weighted by Crippen LogP contribution is 2.06. The van der Waals surface area contributed by atoms with Crippen molar-refractivity contribution >= 4 is 48.1 Å². The molecule has 0 spiro atoms. The first-order valence-corrected chi connectivity index (χ1v) is 11.2. The molecule has 0 fully saturated rings. The van der Waals surface area contributed by atoms with Crippen molar-refractivity contribution in [3.05, 3.63) is 0 Å². The number of rotatable bonds is 13. The molecule has 0 radical (unpaired) electrons. The minimum Gasteiger partial charge on any atom is -0.480 e. The molecule has 0 rings (SSSR count). The summed E-state index contributed by atoms with van der Waals surface area (Å²) in [6, 6.07) is -4.38. The van der Waals surface area contributed by atoms with Crippen molar-refractivity contribution < 1.29 is 29.4 Å². The number of aliphatic hydroxyl groups excluding tert-OH is 1. The Balaban J connectivity index is 5.22. The summed E-state index contributed by atoms with van der Waals surface area (Å²) >= 11 is 5.50. The van der Waals surface area contributed by atoms with Crippen LogP contribution in [0.4, 0.5) is 0 Å². The third kappa shape index (κ3) is 9.70. The maximum atomic E-state index is 12.6. The van der Waals surface area contributed by atoms with Crippen molar-refractivity contribution in [3.8, 4) is 0 Å². The fourth-order valence-corrected chi connectivity index (χ4v) is 2.95. The zero-order valence-electron chi connectivity index (χ0n) is 17.0. The van der Waals surface area contributed by atoms with Crippen LogP contribution in [0.25, 0.3) is 0 Å². The number of thiol groups is 1. The van der Waals surface area contributed by atoms with Crippen molar-refractivity contribution in [2.45, 2.75) is 57.5 Å². The number of carbonyl (C=O) groups is 4. The topological polar surface area (TPSA) is 171 Å². The highest BCUT2D eigenvalue weighted by Gasteiger charge is 2.31. The fourth-order valence-electron chi connectivity index (χ4n) is 2.23. The molecule has 0 aliphatic heterocycles. The lowest BCUT2D eigenvalue weighted by Crippen LogP contribution is -2.59. The maximum absolute atomic E-state index is 12.6. The predicted octanol–water partition coefficient (Wildman–Crippen LogP) is -1.43. The number of nitrogens with one attached hydrogen (secondary N) is 3. The normalized spacial score (nSPS) is 16.3. The number of carboxylic acids is 1. The van der Waals surface area contributed by atoms with Crippen molar-refractivity contribution in [2.75, 3.05) is 17.8 Å². The number of carbonyl (C=O) groups excluding carboxylic acids is 3. The standard InChI is InChI=1S/C17H32N4O6S2/c1-8(2)13(17(26)27)21-14(23)10(5-6-29-4)19-15(24)11(7-28)20-16(25)12(18)9(3)22/h8-13,22,28H,5-7,18H2,1-4H3,(H,19,24)(H,20,25)(H,21,23)(H,26,27). The van der Waals surface area contributed by atoms with Crippen molar-refractivity contribution in [2.24, 2.45) is 11.7 Å². The zero-order chi connectivity index (χ0) is 22.7. The molecule has 0 saturated carbocycles. The second kappa shape index (κ2) is 13.7. The molecule has 0 aromatic heterocycles. The Hall–Kier alpha value is -1.50. The second-order valence-electron chi connectivity index (χ2n) is 6.92. The van der Waals surface area contributed by atoms with E-state index in [-0.39, 0.29) is 18.1 Å². The van der Waals surface area contributed by atoms with Gasteiger partial charge in [-0.2, -0.15) is 24.4 Å². The van der Waals surface area contributed by atoms with E-state index in [2.05, 4.69) is 28.6 Å². The summed E-state index contributed by atoms with van der Waals surface area (Å²) in [5.41, 5.74) is 5.55. The van der Waals surface area contributed by atoms with E-state index in [1.165, 1.54) is 18.7 Å². The van der Waals surface area contributed by atoms with Gasteiger partial charge in [0, 0.05) is 5.75 Å². The van der Waals surface area contributed by atoms with Crippen LogP contribution >= 0.6 is 24.4 Å². The molecule has 5 unspecified atom stereocenters. The van der Waals surface area contributed by atoms with E-state index in [0.717, 1.165) is 0 Å². The van der Waals surface area contributed by atoms with E-state index in [1.807, 2.05) is 6.26 Å². The van der Waals surface area contributed by atoms with Crippen LogP contribution in [-0.2, 0) is 19.2 Å². The molecule has 12 heteroatoms. The molecular weight excluding hydrogens is 420 g/mol. The van der Waals surface area contributed by atoms with Crippen molar-refractivity contribution in [3.63, 3.8) is 0 Å².